The molecule has 37 heavy (non-hydrogen) atoms. The van der Waals surface area contributed by atoms with Crippen molar-refractivity contribution < 1.29 is 46.1 Å². The molecular weight excluding hydrogens is 497 g/mol. The number of furan rings is 1. The van der Waals surface area contributed by atoms with Gasteiger partial charge in [-0.2, -0.15) is 0 Å². The minimum absolute atomic E-state index is 0.0347. The van der Waals surface area contributed by atoms with Gasteiger partial charge in [-0.1, -0.05) is 12.1 Å². The van der Waals surface area contributed by atoms with Crippen LogP contribution in [0, 0.1) is 0 Å². The second-order valence-corrected chi connectivity index (χ2v) is 8.47. The van der Waals surface area contributed by atoms with Crippen LogP contribution in [0.1, 0.15) is 23.0 Å². The maximum atomic E-state index is 13.6. The summed E-state index contributed by atoms with van der Waals surface area (Å²) in [5, 5.41) is 3.27. The third-order valence-electron chi connectivity index (χ3n) is 6.02. The van der Waals surface area contributed by atoms with Crippen LogP contribution in [0.5, 0.6) is 17.2 Å². The molecule has 0 radical (unpaired) electrons. The van der Waals surface area contributed by atoms with Crippen LogP contribution in [0.2, 0.25) is 0 Å². The molecule has 1 atom stereocenters. The predicted molar refractivity (Wildman–Crippen MR) is 125 cm³/mol. The number of nitrogens with one attached hydrogen (secondary N) is 1. The minimum Gasteiger partial charge on any atom is -0.496 e. The average Bonchev–Trinajstić information content (AvgIpc) is 3.19. The molecule has 0 aliphatic carbocycles. The lowest BCUT2D eigenvalue weighted by molar-refractivity contribution is -0.274. The molecule has 0 saturated carbocycles. The van der Waals surface area contributed by atoms with Crippen molar-refractivity contribution in [3.05, 3.63) is 53.8 Å². The van der Waals surface area contributed by atoms with E-state index in [0.717, 1.165) is 12.1 Å². The van der Waals surface area contributed by atoms with Crippen LogP contribution in [0.4, 0.5) is 13.2 Å². The van der Waals surface area contributed by atoms with Gasteiger partial charge in [0.05, 0.1) is 19.1 Å². The van der Waals surface area contributed by atoms with Crippen LogP contribution in [-0.4, -0.2) is 62.6 Å². The Labute approximate surface area is 210 Å². The Morgan fingerprint density at radius 2 is 1.95 bits per heavy atom. The Kier molecular flexibility index (Phi) is 7.21. The standard InChI is InChI=1S/C25H25F3N2O7/c1-24(23(32)29-13-15-12-16(37-25(26,27)28)8-9-18(15)34-3)14-35-20-17-6-4-5-7-19(17)36-21(20)22(31)30(24)10-11-33-2/h4-9,12H,10-11,13-14H2,1-3H3,(H,29,32). The van der Waals surface area contributed by atoms with Gasteiger partial charge in [-0.25, -0.2) is 0 Å². The molecule has 2 aromatic carbocycles. The van der Waals surface area contributed by atoms with Crippen molar-refractivity contribution in [3.63, 3.8) is 0 Å². The van der Waals surface area contributed by atoms with Crippen LogP contribution in [-0.2, 0) is 16.1 Å². The number of carbonyl (C=O) groups is 2. The summed E-state index contributed by atoms with van der Waals surface area (Å²) in [5.74, 6) is -1.18. The van der Waals surface area contributed by atoms with Crippen molar-refractivity contribution in [1.29, 1.82) is 0 Å². The van der Waals surface area contributed by atoms with E-state index in [4.69, 9.17) is 18.6 Å². The van der Waals surface area contributed by atoms with Crippen molar-refractivity contribution in [3.8, 4) is 17.2 Å². The topological polar surface area (TPSA) is 99.5 Å². The van der Waals surface area contributed by atoms with Gasteiger partial charge < -0.3 is 33.6 Å². The van der Waals surface area contributed by atoms with Crippen LogP contribution >= 0.6 is 0 Å². The molecule has 4 rings (SSSR count). The number of rotatable bonds is 8. The maximum absolute atomic E-state index is 13.6. The molecule has 1 unspecified atom stereocenters. The first-order valence-electron chi connectivity index (χ1n) is 11.2. The largest absolute Gasteiger partial charge is 0.573 e. The van der Waals surface area contributed by atoms with Crippen molar-refractivity contribution in [1.82, 2.24) is 10.2 Å². The van der Waals surface area contributed by atoms with Crippen LogP contribution in [0.3, 0.4) is 0 Å². The number of para-hydroxylation sites is 1. The first kappa shape index (κ1) is 26.1. The number of benzene rings is 2. The van der Waals surface area contributed by atoms with E-state index < -0.39 is 29.5 Å². The summed E-state index contributed by atoms with van der Waals surface area (Å²) in [6.07, 6.45) is -4.88. The minimum atomic E-state index is -4.88. The van der Waals surface area contributed by atoms with Gasteiger partial charge in [-0.05, 0) is 37.3 Å². The molecule has 0 fully saturated rings. The first-order chi connectivity index (χ1) is 17.6. The number of methoxy groups -OCH3 is 2. The highest BCUT2D eigenvalue weighted by atomic mass is 19.4. The highest BCUT2D eigenvalue weighted by Gasteiger charge is 2.47. The second-order valence-electron chi connectivity index (χ2n) is 8.47. The molecule has 0 saturated heterocycles. The maximum Gasteiger partial charge on any atom is 0.573 e. The van der Waals surface area contributed by atoms with Gasteiger partial charge in [0.15, 0.2) is 11.3 Å². The molecule has 1 aliphatic heterocycles. The molecule has 0 bridgehead atoms. The highest BCUT2D eigenvalue weighted by Crippen LogP contribution is 2.38. The third kappa shape index (κ3) is 5.29. The van der Waals surface area contributed by atoms with Crippen molar-refractivity contribution in [2.45, 2.75) is 25.4 Å². The van der Waals surface area contributed by atoms with Crippen LogP contribution < -0.4 is 19.5 Å². The summed E-state index contributed by atoms with van der Waals surface area (Å²) in [5.41, 5.74) is -0.803. The summed E-state index contributed by atoms with van der Waals surface area (Å²) < 4.78 is 64.1. The zero-order valence-electron chi connectivity index (χ0n) is 20.3. The van der Waals surface area contributed by atoms with Crippen molar-refractivity contribution in [2.75, 3.05) is 34.0 Å². The van der Waals surface area contributed by atoms with E-state index in [9.17, 15) is 22.8 Å². The number of hydrogen-bond donors (Lipinski definition) is 1. The number of halogens is 3. The molecule has 2 heterocycles. The van der Waals surface area contributed by atoms with Gasteiger partial charge >= 0.3 is 6.36 Å². The summed E-state index contributed by atoms with van der Waals surface area (Å²) >= 11 is 0. The van der Waals surface area contributed by atoms with Crippen molar-refractivity contribution in [2.24, 2.45) is 0 Å². The molecule has 12 heteroatoms. The van der Waals surface area contributed by atoms with Crippen molar-refractivity contribution >= 4 is 22.8 Å². The highest BCUT2D eigenvalue weighted by molar-refractivity contribution is 6.04. The SMILES string of the molecule is COCCN1C(=O)c2oc3ccccc3c2OCC1(C)C(=O)NCc1cc(OC(F)(F)F)ccc1OC. The number of alkyl halides is 3. The molecule has 198 valence electrons. The second kappa shape index (κ2) is 10.2. The molecule has 9 nitrogen and oxygen atoms in total. The van der Waals surface area contributed by atoms with E-state index >= 15 is 0 Å². The zero-order chi connectivity index (χ0) is 26.8. The van der Waals surface area contributed by atoms with Gasteiger partial charge in [0.2, 0.25) is 11.7 Å². The molecule has 1 N–H and O–H groups in total. The fourth-order valence-corrected chi connectivity index (χ4v) is 4.12. The first-order valence-corrected chi connectivity index (χ1v) is 11.2. The predicted octanol–water partition coefficient (Wildman–Crippen LogP) is 3.90. The van der Waals surface area contributed by atoms with Crippen LogP contribution in [0.25, 0.3) is 11.0 Å². The average molecular weight is 522 g/mol. The summed E-state index contributed by atoms with van der Waals surface area (Å²) in [6.45, 7) is 1.31. The van der Waals surface area contributed by atoms with Crippen LogP contribution in [0.15, 0.2) is 46.9 Å². The Hall–Kier alpha value is -3.93. The lowest BCUT2D eigenvalue weighted by atomic mass is 9.99. The third-order valence-corrected chi connectivity index (χ3v) is 6.02. The molecular formula is C25H25F3N2O7. The number of ether oxygens (including phenoxy) is 4. The molecule has 2 amide bonds. The Bertz CT molecular complexity index is 1310. The number of hydrogen-bond acceptors (Lipinski definition) is 7. The summed E-state index contributed by atoms with van der Waals surface area (Å²) in [4.78, 5) is 28.4. The number of amides is 2. The van der Waals surface area contributed by atoms with E-state index in [1.54, 1.807) is 24.3 Å². The molecule has 0 spiro atoms. The number of fused-ring (bicyclic) bond motifs is 3. The Morgan fingerprint density at radius 1 is 1.19 bits per heavy atom. The number of carbonyl (C=O) groups excluding carboxylic acids is 2. The van der Waals surface area contributed by atoms with Gasteiger partial charge in [0, 0.05) is 25.8 Å². The lowest BCUT2D eigenvalue weighted by Crippen LogP contribution is -2.61. The van der Waals surface area contributed by atoms with E-state index in [1.165, 1.54) is 32.1 Å². The van der Waals surface area contributed by atoms with Gasteiger partial charge in [0.1, 0.15) is 23.7 Å². The monoisotopic (exact) mass is 522 g/mol. The molecule has 3 aromatic rings. The van der Waals surface area contributed by atoms with E-state index in [-0.39, 0.29) is 49.1 Å². The normalized spacial score (nSPS) is 17.7. The fourth-order valence-electron chi connectivity index (χ4n) is 4.12. The van der Waals surface area contributed by atoms with Gasteiger partial charge in [0.25, 0.3) is 5.91 Å². The van der Waals surface area contributed by atoms with Gasteiger partial charge in [-0.3, -0.25) is 9.59 Å². The smallest absolute Gasteiger partial charge is 0.496 e. The lowest BCUT2D eigenvalue weighted by Gasteiger charge is -2.37. The van der Waals surface area contributed by atoms with Gasteiger partial charge in [-0.15, -0.1) is 13.2 Å². The quantitative estimate of drug-likeness (QED) is 0.479. The van der Waals surface area contributed by atoms with E-state index in [1.807, 2.05) is 0 Å². The Balaban J connectivity index is 1.61. The van der Waals surface area contributed by atoms with E-state index in [2.05, 4.69) is 10.1 Å². The fraction of sp³-hybridized carbons (Fsp3) is 0.360. The number of nitrogens with zero attached hydrogens (tertiary/aromatic N) is 1. The molecule has 1 aliphatic rings. The summed E-state index contributed by atoms with van der Waals surface area (Å²) in [7, 11) is 2.81. The Morgan fingerprint density at radius 3 is 2.65 bits per heavy atom. The molecule has 1 aromatic heterocycles. The van der Waals surface area contributed by atoms with E-state index in [0.29, 0.717) is 11.0 Å². The summed E-state index contributed by atoms with van der Waals surface area (Å²) in [6, 6.07) is 10.5. The zero-order valence-corrected chi connectivity index (χ0v) is 20.3.